The highest BCUT2D eigenvalue weighted by Crippen LogP contribution is 2.26. The van der Waals surface area contributed by atoms with Crippen LogP contribution >= 0.6 is 23.5 Å². The summed E-state index contributed by atoms with van der Waals surface area (Å²) in [4.78, 5) is 19.6. The van der Waals surface area contributed by atoms with Crippen LogP contribution < -0.4 is 0 Å². The van der Waals surface area contributed by atoms with Crippen LogP contribution in [0.3, 0.4) is 0 Å². The van der Waals surface area contributed by atoms with Gasteiger partial charge in [0, 0.05) is 29.9 Å². The van der Waals surface area contributed by atoms with E-state index in [0.29, 0.717) is 11.7 Å². The van der Waals surface area contributed by atoms with Crippen LogP contribution in [0.15, 0.2) is 58.6 Å². The van der Waals surface area contributed by atoms with Crippen molar-refractivity contribution < 1.29 is 9.18 Å². The fraction of sp³-hybridized carbons (Fsp3) is 0.368. The molecule has 1 amide bonds. The molecule has 0 saturated carbocycles. The van der Waals surface area contributed by atoms with E-state index in [4.69, 9.17) is 0 Å². The predicted octanol–water partition coefficient (Wildman–Crippen LogP) is 4.34. The van der Waals surface area contributed by atoms with Gasteiger partial charge in [0.05, 0.1) is 10.8 Å². The Morgan fingerprint density at radius 2 is 1.88 bits per heavy atom. The lowest BCUT2D eigenvalue weighted by molar-refractivity contribution is -0.129. The van der Waals surface area contributed by atoms with Crippen molar-refractivity contribution in [2.24, 2.45) is 5.92 Å². The second kappa shape index (κ2) is 9.25. The van der Waals surface area contributed by atoms with E-state index in [1.54, 1.807) is 23.9 Å². The Morgan fingerprint density at radius 1 is 1.12 bits per heavy atom. The molecule has 3 nitrogen and oxygen atoms in total. The summed E-state index contributed by atoms with van der Waals surface area (Å²) in [6, 6.07) is 12.3. The largest absolute Gasteiger partial charge is 0.342 e. The number of nitrogens with zero attached hydrogens (tertiary/aromatic N) is 2. The molecular formula is C19H21FN2OS2. The normalized spacial score (nSPS) is 15.3. The second-order valence-electron chi connectivity index (χ2n) is 6.05. The number of carbonyl (C=O) groups excluding carboxylic acids is 1. The summed E-state index contributed by atoms with van der Waals surface area (Å²) in [6.07, 6.45) is 3.92. The SMILES string of the molecule is O=C(CSc1ccc(F)cc1)N1CCC(CSc2ccccn2)CC1. The van der Waals surface area contributed by atoms with E-state index in [1.807, 2.05) is 29.3 Å². The highest BCUT2D eigenvalue weighted by Gasteiger charge is 2.22. The Balaban J connectivity index is 1.38. The molecule has 0 bridgehead atoms. The Bertz CT molecular complexity index is 674. The average molecular weight is 377 g/mol. The third-order valence-electron chi connectivity index (χ3n) is 4.25. The fourth-order valence-electron chi connectivity index (χ4n) is 2.75. The van der Waals surface area contributed by atoms with Gasteiger partial charge < -0.3 is 4.90 Å². The van der Waals surface area contributed by atoms with Gasteiger partial charge in [-0.25, -0.2) is 9.37 Å². The molecule has 0 aliphatic carbocycles. The standard InChI is InChI=1S/C19H21FN2OS2/c20-16-4-6-17(7-5-16)24-14-19(23)22-11-8-15(9-12-22)13-25-18-3-1-2-10-21-18/h1-7,10,15H,8-9,11-14H2. The Morgan fingerprint density at radius 3 is 2.56 bits per heavy atom. The van der Waals surface area contributed by atoms with Crippen molar-refractivity contribution in [3.63, 3.8) is 0 Å². The van der Waals surface area contributed by atoms with Crippen molar-refractivity contribution >= 4 is 29.4 Å². The minimum absolute atomic E-state index is 0.171. The first-order valence-corrected chi connectivity index (χ1v) is 10.4. The number of carbonyl (C=O) groups is 1. The van der Waals surface area contributed by atoms with Crippen LogP contribution in [0, 0.1) is 11.7 Å². The number of amides is 1. The maximum Gasteiger partial charge on any atom is 0.232 e. The molecular weight excluding hydrogens is 355 g/mol. The lowest BCUT2D eigenvalue weighted by Gasteiger charge is -2.31. The molecule has 1 aromatic carbocycles. The predicted molar refractivity (Wildman–Crippen MR) is 101 cm³/mol. The van der Waals surface area contributed by atoms with Crippen molar-refractivity contribution in [2.75, 3.05) is 24.6 Å². The Labute approximate surface area is 156 Å². The molecule has 2 aromatic rings. The van der Waals surface area contributed by atoms with E-state index in [-0.39, 0.29) is 11.7 Å². The number of aromatic nitrogens is 1. The molecule has 1 aliphatic rings. The van der Waals surface area contributed by atoms with Crippen molar-refractivity contribution in [1.82, 2.24) is 9.88 Å². The highest BCUT2D eigenvalue weighted by molar-refractivity contribution is 8.00. The van der Waals surface area contributed by atoms with E-state index in [9.17, 15) is 9.18 Å². The van der Waals surface area contributed by atoms with Gasteiger partial charge in [0.2, 0.25) is 5.91 Å². The lowest BCUT2D eigenvalue weighted by atomic mass is 9.99. The van der Waals surface area contributed by atoms with Gasteiger partial charge in [0.15, 0.2) is 0 Å². The number of thioether (sulfide) groups is 2. The zero-order chi connectivity index (χ0) is 17.5. The van der Waals surface area contributed by atoms with Gasteiger partial charge in [-0.1, -0.05) is 6.07 Å². The van der Waals surface area contributed by atoms with Crippen LogP contribution in [-0.4, -0.2) is 40.4 Å². The maximum atomic E-state index is 12.9. The number of benzene rings is 1. The molecule has 132 valence electrons. The quantitative estimate of drug-likeness (QED) is 0.702. The number of piperidine rings is 1. The van der Waals surface area contributed by atoms with Gasteiger partial charge in [-0.2, -0.15) is 0 Å². The summed E-state index contributed by atoms with van der Waals surface area (Å²) in [7, 11) is 0. The van der Waals surface area contributed by atoms with Crippen molar-refractivity contribution in [3.05, 3.63) is 54.5 Å². The molecule has 0 N–H and O–H groups in total. The maximum absolute atomic E-state index is 12.9. The number of pyridine rings is 1. The summed E-state index contributed by atoms with van der Waals surface area (Å²) < 4.78 is 12.9. The van der Waals surface area contributed by atoms with Gasteiger partial charge in [0.1, 0.15) is 5.82 Å². The first kappa shape index (κ1) is 18.3. The second-order valence-corrected chi connectivity index (χ2v) is 8.13. The molecule has 3 rings (SSSR count). The molecule has 0 unspecified atom stereocenters. The minimum Gasteiger partial charge on any atom is -0.342 e. The van der Waals surface area contributed by atoms with Crippen LogP contribution in [0.25, 0.3) is 0 Å². The average Bonchev–Trinajstić information content (AvgIpc) is 2.67. The van der Waals surface area contributed by atoms with Crippen molar-refractivity contribution in [2.45, 2.75) is 22.8 Å². The molecule has 1 saturated heterocycles. The molecule has 0 atom stereocenters. The van der Waals surface area contributed by atoms with E-state index in [2.05, 4.69) is 4.98 Å². The Kier molecular flexibility index (Phi) is 6.76. The monoisotopic (exact) mass is 376 g/mol. The Hall–Kier alpha value is -1.53. The van der Waals surface area contributed by atoms with Gasteiger partial charge in [-0.15, -0.1) is 23.5 Å². The summed E-state index contributed by atoms with van der Waals surface area (Å²) in [5.41, 5.74) is 0. The molecule has 1 aliphatic heterocycles. The lowest BCUT2D eigenvalue weighted by Crippen LogP contribution is -2.39. The zero-order valence-corrected chi connectivity index (χ0v) is 15.6. The number of hydrogen-bond donors (Lipinski definition) is 0. The molecule has 0 spiro atoms. The first-order chi connectivity index (χ1) is 12.2. The number of rotatable bonds is 6. The summed E-state index contributed by atoms with van der Waals surface area (Å²) in [5, 5.41) is 1.07. The van der Waals surface area contributed by atoms with E-state index >= 15 is 0 Å². The first-order valence-electron chi connectivity index (χ1n) is 8.40. The van der Waals surface area contributed by atoms with E-state index in [1.165, 1.54) is 23.9 Å². The summed E-state index contributed by atoms with van der Waals surface area (Å²) >= 11 is 3.26. The fourth-order valence-corrected chi connectivity index (χ4v) is 4.60. The molecule has 0 radical (unpaired) electrons. The summed E-state index contributed by atoms with van der Waals surface area (Å²) in [6.45, 7) is 1.66. The third kappa shape index (κ3) is 5.75. The molecule has 1 fully saturated rings. The molecule has 1 aromatic heterocycles. The van der Waals surface area contributed by atoms with Gasteiger partial charge in [0.25, 0.3) is 0 Å². The van der Waals surface area contributed by atoms with Gasteiger partial charge in [-0.3, -0.25) is 4.79 Å². The molecule has 6 heteroatoms. The third-order valence-corrected chi connectivity index (χ3v) is 6.42. The van der Waals surface area contributed by atoms with Gasteiger partial charge in [-0.05, 0) is 55.2 Å². The minimum atomic E-state index is -0.249. The van der Waals surface area contributed by atoms with Crippen LogP contribution in [0.2, 0.25) is 0 Å². The highest BCUT2D eigenvalue weighted by atomic mass is 32.2. The number of halogens is 1. The van der Waals surface area contributed by atoms with E-state index < -0.39 is 0 Å². The van der Waals surface area contributed by atoms with E-state index in [0.717, 1.165) is 41.6 Å². The van der Waals surface area contributed by atoms with Crippen LogP contribution in [0.5, 0.6) is 0 Å². The van der Waals surface area contributed by atoms with Crippen LogP contribution in [0.4, 0.5) is 4.39 Å². The number of likely N-dealkylation sites (tertiary alicyclic amines) is 1. The topological polar surface area (TPSA) is 33.2 Å². The van der Waals surface area contributed by atoms with Crippen molar-refractivity contribution in [1.29, 1.82) is 0 Å². The van der Waals surface area contributed by atoms with Crippen molar-refractivity contribution in [3.8, 4) is 0 Å². The van der Waals surface area contributed by atoms with Crippen LogP contribution in [-0.2, 0) is 4.79 Å². The molecule has 2 heterocycles. The van der Waals surface area contributed by atoms with Crippen LogP contribution in [0.1, 0.15) is 12.8 Å². The van der Waals surface area contributed by atoms with Gasteiger partial charge >= 0.3 is 0 Å². The zero-order valence-electron chi connectivity index (χ0n) is 13.9. The number of hydrogen-bond acceptors (Lipinski definition) is 4. The molecule has 25 heavy (non-hydrogen) atoms. The summed E-state index contributed by atoms with van der Waals surface area (Å²) in [5.74, 6) is 2.04. The smallest absolute Gasteiger partial charge is 0.232 e.